The van der Waals surface area contributed by atoms with Crippen LogP contribution in [0, 0.1) is 6.92 Å². The van der Waals surface area contributed by atoms with Gasteiger partial charge in [0.1, 0.15) is 0 Å². The number of carbonyl (C=O) groups excluding carboxylic acids is 1. The first-order chi connectivity index (χ1) is 13.6. The Morgan fingerprint density at radius 1 is 1.29 bits per heavy atom. The van der Waals surface area contributed by atoms with Gasteiger partial charge >= 0.3 is 0 Å². The van der Waals surface area contributed by atoms with Crippen molar-refractivity contribution in [2.24, 2.45) is 0 Å². The summed E-state index contributed by atoms with van der Waals surface area (Å²) in [4.78, 5) is 32.5. The largest absolute Gasteiger partial charge is 0.337 e. The summed E-state index contributed by atoms with van der Waals surface area (Å²) < 4.78 is 1.35. The molecule has 1 saturated carbocycles. The van der Waals surface area contributed by atoms with E-state index in [9.17, 15) is 9.59 Å². The van der Waals surface area contributed by atoms with E-state index in [-0.39, 0.29) is 22.8 Å². The molecule has 3 heterocycles. The molecular formula is C21H22N4O2S. The molecule has 2 aliphatic rings. The average molecular weight is 395 g/mol. The molecule has 0 radical (unpaired) electrons. The lowest BCUT2D eigenvalue weighted by atomic mass is 9.88. The number of hydrogen-bond acceptors (Lipinski definition) is 6. The molecule has 1 aliphatic carbocycles. The first kappa shape index (κ1) is 17.6. The molecule has 0 amide bonds. The summed E-state index contributed by atoms with van der Waals surface area (Å²) in [6.45, 7) is 2.60. The van der Waals surface area contributed by atoms with Crippen LogP contribution in [0.1, 0.15) is 43.4 Å². The molecule has 0 unspecified atom stereocenters. The fourth-order valence-electron chi connectivity index (χ4n) is 4.32. The van der Waals surface area contributed by atoms with Gasteiger partial charge in [0.25, 0.3) is 5.56 Å². The van der Waals surface area contributed by atoms with Crippen molar-refractivity contribution in [1.29, 1.82) is 0 Å². The van der Waals surface area contributed by atoms with Gasteiger partial charge in [0.15, 0.2) is 5.78 Å². The van der Waals surface area contributed by atoms with Crippen molar-refractivity contribution in [3.63, 3.8) is 0 Å². The van der Waals surface area contributed by atoms with E-state index in [1.165, 1.54) is 27.5 Å². The second-order valence-corrected chi connectivity index (χ2v) is 8.89. The summed E-state index contributed by atoms with van der Waals surface area (Å²) in [6.07, 6.45) is 4.55. The fraction of sp³-hybridized carbons (Fsp3) is 0.429. The van der Waals surface area contributed by atoms with Gasteiger partial charge in [-0.1, -0.05) is 41.7 Å². The molecular weight excluding hydrogens is 372 g/mol. The van der Waals surface area contributed by atoms with Crippen LogP contribution in [0.15, 0.2) is 41.2 Å². The van der Waals surface area contributed by atoms with E-state index >= 15 is 0 Å². The number of Topliss-reactive ketones (excluding diaryl/α,β-unsaturated/α-hetero) is 1. The van der Waals surface area contributed by atoms with E-state index in [4.69, 9.17) is 0 Å². The standard InChI is InChI=1S/C21H22N4O2S/c1-14-12-18(27)25-19(22-14)28-20(23-25)24-11-5-8-16(24)17(26)13-21(9-10-21)15-6-3-2-4-7-15/h2-4,6-7,12,16H,5,8-11,13H2,1H3/t16-/m1/s1. The third-order valence-electron chi connectivity index (χ3n) is 5.98. The SMILES string of the molecule is Cc1cc(=O)n2nc(N3CCC[C@@H]3C(=O)CC3(c4ccccc4)CC3)sc2n1. The first-order valence-corrected chi connectivity index (χ1v) is 10.6. The maximum absolute atomic E-state index is 13.2. The van der Waals surface area contributed by atoms with Crippen molar-refractivity contribution in [1.82, 2.24) is 14.6 Å². The van der Waals surface area contributed by atoms with Crippen molar-refractivity contribution in [2.75, 3.05) is 11.4 Å². The topological polar surface area (TPSA) is 67.6 Å². The second-order valence-electron chi connectivity index (χ2n) is 7.96. The Morgan fingerprint density at radius 3 is 2.82 bits per heavy atom. The van der Waals surface area contributed by atoms with Crippen molar-refractivity contribution >= 4 is 27.2 Å². The maximum atomic E-state index is 13.2. The van der Waals surface area contributed by atoms with Gasteiger partial charge in [0, 0.05) is 30.1 Å². The highest BCUT2D eigenvalue weighted by molar-refractivity contribution is 7.20. The summed E-state index contributed by atoms with van der Waals surface area (Å²) in [5.74, 6) is 0.287. The Morgan fingerprint density at radius 2 is 2.07 bits per heavy atom. The van der Waals surface area contributed by atoms with E-state index in [1.54, 1.807) is 0 Å². The van der Waals surface area contributed by atoms with Gasteiger partial charge in [-0.25, -0.2) is 4.98 Å². The highest BCUT2D eigenvalue weighted by Gasteiger charge is 2.47. The van der Waals surface area contributed by atoms with E-state index in [2.05, 4.69) is 39.2 Å². The molecule has 28 heavy (non-hydrogen) atoms. The summed E-state index contributed by atoms with van der Waals surface area (Å²) in [5.41, 5.74) is 1.82. The number of ketones is 1. The Bertz CT molecular complexity index is 1100. The molecule has 2 fully saturated rings. The fourth-order valence-corrected chi connectivity index (χ4v) is 5.35. The molecule has 5 rings (SSSR count). The third kappa shape index (κ3) is 2.94. The quantitative estimate of drug-likeness (QED) is 0.665. The van der Waals surface area contributed by atoms with E-state index in [0.29, 0.717) is 17.1 Å². The number of carbonyl (C=O) groups is 1. The number of hydrogen-bond donors (Lipinski definition) is 0. The summed E-state index contributed by atoms with van der Waals surface area (Å²) >= 11 is 1.39. The predicted octanol–water partition coefficient (Wildman–Crippen LogP) is 3.12. The molecule has 1 aliphatic heterocycles. The van der Waals surface area contributed by atoms with Crippen LogP contribution in [0.5, 0.6) is 0 Å². The highest BCUT2D eigenvalue weighted by atomic mass is 32.1. The van der Waals surface area contributed by atoms with Crippen LogP contribution < -0.4 is 10.5 Å². The molecule has 144 valence electrons. The summed E-state index contributed by atoms with van der Waals surface area (Å²) in [6, 6.07) is 11.7. The number of aryl methyl sites for hydroxylation is 1. The summed E-state index contributed by atoms with van der Waals surface area (Å²) in [7, 11) is 0. The van der Waals surface area contributed by atoms with Crippen molar-refractivity contribution in [3.05, 3.63) is 58.0 Å². The second kappa shape index (κ2) is 6.51. The van der Waals surface area contributed by atoms with E-state index < -0.39 is 0 Å². The molecule has 2 aromatic heterocycles. The number of fused-ring (bicyclic) bond motifs is 1. The Balaban J connectivity index is 1.41. The third-order valence-corrected chi connectivity index (χ3v) is 6.93. The Labute approximate surface area is 166 Å². The van der Waals surface area contributed by atoms with Gasteiger partial charge in [-0.2, -0.15) is 4.52 Å². The molecule has 0 N–H and O–H groups in total. The first-order valence-electron chi connectivity index (χ1n) is 9.78. The van der Waals surface area contributed by atoms with Crippen LogP contribution in [0.25, 0.3) is 4.96 Å². The van der Waals surface area contributed by atoms with Crippen LogP contribution in [0.3, 0.4) is 0 Å². The molecule has 1 aromatic carbocycles. The zero-order chi connectivity index (χ0) is 19.3. The van der Waals surface area contributed by atoms with Crippen molar-refractivity contribution in [3.8, 4) is 0 Å². The molecule has 0 spiro atoms. The van der Waals surface area contributed by atoms with Gasteiger partial charge in [-0.05, 0) is 38.2 Å². The van der Waals surface area contributed by atoms with Gasteiger partial charge in [-0.15, -0.1) is 5.10 Å². The van der Waals surface area contributed by atoms with E-state index in [0.717, 1.165) is 37.4 Å². The zero-order valence-electron chi connectivity index (χ0n) is 15.8. The van der Waals surface area contributed by atoms with Crippen LogP contribution in [0.2, 0.25) is 0 Å². The normalized spacial score (nSPS) is 20.6. The number of benzene rings is 1. The van der Waals surface area contributed by atoms with Gasteiger partial charge in [0.2, 0.25) is 10.1 Å². The lowest BCUT2D eigenvalue weighted by Gasteiger charge is -2.24. The van der Waals surface area contributed by atoms with Gasteiger partial charge < -0.3 is 4.90 Å². The van der Waals surface area contributed by atoms with Crippen LogP contribution in [-0.2, 0) is 10.2 Å². The molecule has 1 saturated heterocycles. The van der Waals surface area contributed by atoms with Crippen molar-refractivity contribution < 1.29 is 4.79 Å². The smallest absolute Gasteiger partial charge is 0.275 e. The molecule has 6 nitrogen and oxygen atoms in total. The van der Waals surface area contributed by atoms with Crippen LogP contribution >= 0.6 is 11.3 Å². The molecule has 7 heteroatoms. The number of rotatable bonds is 5. The molecule has 1 atom stereocenters. The minimum Gasteiger partial charge on any atom is -0.337 e. The van der Waals surface area contributed by atoms with Crippen LogP contribution in [-0.4, -0.2) is 33.0 Å². The number of aromatic nitrogens is 3. The van der Waals surface area contributed by atoms with Crippen LogP contribution in [0.4, 0.5) is 5.13 Å². The minimum atomic E-state index is -0.173. The van der Waals surface area contributed by atoms with Gasteiger partial charge in [-0.3, -0.25) is 9.59 Å². The minimum absolute atomic E-state index is 0.0236. The van der Waals surface area contributed by atoms with Crippen molar-refractivity contribution in [2.45, 2.75) is 50.5 Å². The highest BCUT2D eigenvalue weighted by Crippen LogP contribution is 2.51. The lowest BCUT2D eigenvalue weighted by molar-refractivity contribution is -0.120. The Kier molecular flexibility index (Phi) is 4.08. The predicted molar refractivity (Wildman–Crippen MR) is 109 cm³/mol. The zero-order valence-corrected chi connectivity index (χ0v) is 16.6. The monoisotopic (exact) mass is 394 g/mol. The summed E-state index contributed by atoms with van der Waals surface area (Å²) in [5, 5.41) is 5.19. The van der Waals surface area contributed by atoms with E-state index in [1.807, 2.05) is 13.0 Å². The molecule has 3 aromatic rings. The molecule has 0 bridgehead atoms. The Hall–Kier alpha value is -2.54. The average Bonchev–Trinajstić information content (AvgIpc) is 3.11. The lowest BCUT2D eigenvalue weighted by Crippen LogP contribution is -2.37. The number of nitrogens with zero attached hydrogens (tertiary/aromatic N) is 4. The van der Waals surface area contributed by atoms with Gasteiger partial charge in [0.05, 0.1) is 6.04 Å². The maximum Gasteiger partial charge on any atom is 0.275 e. The number of anilines is 1.